The van der Waals surface area contributed by atoms with E-state index < -0.39 is 5.91 Å². The molecule has 0 atom stereocenters. The predicted molar refractivity (Wildman–Crippen MR) is 97.0 cm³/mol. The molecule has 1 heterocycles. The molecule has 0 radical (unpaired) electrons. The lowest BCUT2D eigenvalue weighted by Crippen LogP contribution is -2.14. The lowest BCUT2D eigenvalue weighted by Gasteiger charge is -2.07. The van der Waals surface area contributed by atoms with Crippen LogP contribution in [0.5, 0.6) is 5.75 Å². The van der Waals surface area contributed by atoms with Gasteiger partial charge in [0.1, 0.15) is 11.4 Å². The van der Waals surface area contributed by atoms with Crippen LogP contribution in [0.4, 0.5) is 5.69 Å². The molecule has 1 aromatic heterocycles. The summed E-state index contributed by atoms with van der Waals surface area (Å²) in [7, 11) is 0. The van der Waals surface area contributed by atoms with Crippen LogP contribution in [-0.4, -0.2) is 23.4 Å². The van der Waals surface area contributed by atoms with E-state index in [1.54, 1.807) is 24.3 Å². The summed E-state index contributed by atoms with van der Waals surface area (Å²) < 4.78 is 5.38. The van der Waals surface area contributed by atoms with Gasteiger partial charge in [-0.15, -0.1) is 0 Å². The normalized spacial score (nSPS) is 10.6. The minimum Gasteiger partial charge on any atom is -0.493 e. The topological polar surface area (TPSA) is 97.2 Å². The van der Waals surface area contributed by atoms with E-state index in [1.807, 2.05) is 24.3 Å². The monoisotopic (exact) mass is 357 g/mol. The molecule has 4 N–H and O–H groups in total. The number of H-pyrrole nitrogens is 1. The van der Waals surface area contributed by atoms with Crippen molar-refractivity contribution in [3.8, 4) is 5.75 Å². The van der Waals surface area contributed by atoms with Gasteiger partial charge >= 0.3 is 0 Å². The van der Waals surface area contributed by atoms with E-state index in [0.29, 0.717) is 22.2 Å². The van der Waals surface area contributed by atoms with Crippen molar-refractivity contribution in [2.24, 2.45) is 5.73 Å². The quantitative estimate of drug-likeness (QED) is 0.631. The molecule has 0 saturated carbocycles. The smallest absolute Gasteiger partial charge is 0.273 e. The summed E-state index contributed by atoms with van der Waals surface area (Å²) in [5.74, 6) is -0.161. The Morgan fingerprint density at radius 1 is 1.12 bits per heavy atom. The molecule has 7 heteroatoms. The van der Waals surface area contributed by atoms with Gasteiger partial charge in [0, 0.05) is 16.6 Å². The number of aromatic nitrogens is 1. The van der Waals surface area contributed by atoms with Crippen LogP contribution in [0.15, 0.2) is 48.5 Å². The number of carbonyl (C=O) groups is 2. The lowest BCUT2D eigenvalue weighted by atomic mass is 10.2. The molecule has 0 aliphatic heterocycles. The number of benzene rings is 2. The summed E-state index contributed by atoms with van der Waals surface area (Å²) in [5.41, 5.74) is 6.76. The Labute approximate surface area is 148 Å². The van der Waals surface area contributed by atoms with Gasteiger partial charge in [0.05, 0.1) is 18.1 Å². The number of fused-ring (bicyclic) bond motifs is 1. The number of nitrogens with two attached hydrogens (primary N) is 1. The molecular formula is C18H16ClN3O3. The van der Waals surface area contributed by atoms with Crippen LogP contribution in [0.1, 0.15) is 16.9 Å². The number of ether oxygens (including phenoxy) is 1. The molecule has 2 amide bonds. The second kappa shape index (κ2) is 7.27. The number of anilines is 1. The molecule has 2 aromatic carbocycles. The van der Waals surface area contributed by atoms with Gasteiger partial charge in [0.15, 0.2) is 0 Å². The molecule has 3 rings (SSSR count). The third kappa shape index (κ3) is 3.92. The summed E-state index contributed by atoms with van der Waals surface area (Å²) in [6.07, 6.45) is 0.150. The number of hydrogen-bond donors (Lipinski definition) is 3. The second-order valence-electron chi connectivity index (χ2n) is 5.40. The lowest BCUT2D eigenvalue weighted by molar-refractivity contribution is -0.118. The van der Waals surface area contributed by atoms with E-state index in [4.69, 9.17) is 22.1 Å². The van der Waals surface area contributed by atoms with E-state index >= 15 is 0 Å². The largest absolute Gasteiger partial charge is 0.493 e. The minimum atomic E-state index is -0.418. The SMILES string of the molecule is NC(=O)CCOc1ccc(NC(=O)c2[nH]c3ccccc3c2Cl)cc1. The first-order valence-corrected chi connectivity index (χ1v) is 8.01. The molecule has 6 nitrogen and oxygen atoms in total. The Balaban J connectivity index is 1.68. The average molecular weight is 358 g/mol. The van der Waals surface area contributed by atoms with Crippen molar-refractivity contribution in [3.05, 3.63) is 59.2 Å². The van der Waals surface area contributed by atoms with Gasteiger partial charge in [-0.3, -0.25) is 9.59 Å². The molecule has 0 unspecified atom stereocenters. The van der Waals surface area contributed by atoms with Crippen LogP contribution >= 0.6 is 11.6 Å². The van der Waals surface area contributed by atoms with Gasteiger partial charge in [-0.2, -0.15) is 0 Å². The van der Waals surface area contributed by atoms with Crippen LogP contribution in [0.3, 0.4) is 0 Å². The van der Waals surface area contributed by atoms with Crippen molar-refractivity contribution in [1.82, 2.24) is 4.98 Å². The second-order valence-corrected chi connectivity index (χ2v) is 5.78. The molecule has 0 saturated heterocycles. The van der Waals surface area contributed by atoms with Crippen LogP contribution in [-0.2, 0) is 4.79 Å². The Hall–Kier alpha value is -2.99. The van der Waals surface area contributed by atoms with Crippen LogP contribution in [0.25, 0.3) is 10.9 Å². The molecule has 0 aliphatic carbocycles. The number of para-hydroxylation sites is 1. The van der Waals surface area contributed by atoms with E-state index in [1.165, 1.54) is 0 Å². The number of aromatic amines is 1. The zero-order valence-corrected chi connectivity index (χ0v) is 14.0. The summed E-state index contributed by atoms with van der Waals surface area (Å²) in [6.45, 7) is 0.214. The van der Waals surface area contributed by atoms with Crippen molar-refractivity contribution in [2.75, 3.05) is 11.9 Å². The minimum absolute atomic E-state index is 0.150. The molecule has 128 valence electrons. The maximum Gasteiger partial charge on any atom is 0.273 e. The maximum atomic E-state index is 12.4. The van der Waals surface area contributed by atoms with E-state index in [0.717, 1.165) is 10.9 Å². The fourth-order valence-corrected chi connectivity index (χ4v) is 2.66. The highest BCUT2D eigenvalue weighted by molar-refractivity contribution is 6.39. The van der Waals surface area contributed by atoms with Gasteiger partial charge in [-0.25, -0.2) is 0 Å². The van der Waals surface area contributed by atoms with Crippen molar-refractivity contribution >= 4 is 40.0 Å². The Kier molecular flexibility index (Phi) is 4.90. The highest BCUT2D eigenvalue weighted by Crippen LogP contribution is 2.28. The molecule has 3 aromatic rings. The van der Waals surface area contributed by atoms with Gasteiger partial charge in [-0.05, 0) is 30.3 Å². The Morgan fingerprint density at radius 3 is 2.52 bits per heavy atom. The number of rotatable bonds is 6. The summed E-state index contributed by atoms with van der Waals surface area (Å²) in [6, 6.07) is 14.2. The third-order valence-corrected chi connectivity index (χ3v) is 3.99. The number of hydrogen-bond acceptors (Lipinski definition) is 3. The zero-order chi connectivity index (χ0) is 17.8. The zero-order valence-electron chi connectivity index (χ0n) is 13.2. The average Bonchev–Trinajstić information content (AvgIpc) is 2.94. The van der Waals surface area contributed by atoms with E-state index in [-0.39, 0.29) is 18.9 Å². The molecule has 0 bridgehead atoms. The van der Waals surface area contributed by atoms with Crippen molar-refractivity contribution in [2.45, 2.75) is 6.42 Å². The van der Waals surface area contributed by atoms with Crippen molar-refractivity contribution < 1.29 is 14.3 Å². The first-order chi connectivity index (χ1) is 12.0. The Morgan fingerprint density at radius 2 is 1.84 bits per heavy atom. The summed E-state index contributed by atoms with van der Waals surface area (Å²) in [4.78, 5) is 26.1. The highest BCUT2D eigenvalue weighted by atomic mass is 35.5. The van der Waals surface area contributed by atoms with Gasteiger partial charge in [-0.1, -0.05) is 29.8 Å². The van der Waals surface area contributed by atoms with Gasteiger partial charge in [0.2, 0.25) is 5.91 Å². The molecule has 0 aliphatic rings. The van der Waals surface area contributed by atoms with Crippen molar-refractivity contribution in [1.29, 1.82) is 0 Å². The number of primary amides is 1. The molecule has 25 heavy (non-hydrogen) atoms. The predicted octanol–water partition coefficient (Wildman–Crippen LogP) is 3.33. The molecule has 0 spiro atoms. The summed E-state index contributed by atoms with van der Waals surface area (Å²) >= 11 is 6.28. The van der Waals surface area contributed by atoms with E-state index in [2.05, 4.69) is 10.3 Å². The number of nitrogens with one attached hydrogen (secondary N) is 2. The number of carbonyl (C=O) groups excluding carboxylic acids is 2. The highest BCUT2D eigenvalue weighted by Gasteiger charge is 2.16. The first-order valence-electron chi connectivity index (χ1n) is 7.63. The first kappa shape index (κ1) is 16.9. The van der Waals surface area contributed by atoms with Gasteiger partial charge in [0.25, 0.3) is 5.91 Å². The molecule has 0 fully saturated rings. The molecular weight excluding hydrogens is 342 g/mol. The van der Waals surface area contributed by atoms with Crippen molar-refractivity contribution in [3.63, 3.8) is 0 Å². The van der Waals surface area contributed by atoms with Crippen LogP contribution in [0.2, 0.25) is 5.02 Å². The fraction of sp³-hybridized carbons (Fsp3) is 0.111. The number of amides is 2. The number of halogens is 1. The van der Waals surface area contributed by atoms with E-state index in [9.17, 15) is 9.59 Å². The Bertz CT molecular complexity index is 919. The summed E-state index contributed by atoms with van der Waals surface area (Å²) in [5, 5.41) is 3.96. The third-order valence-electron chi connectivity index (χ3n) is 3.60. The van der Waals surface area contributed by atoms with Gasteiger partial charge < -0.3 is 20.8 Å². The standard InChI is InChI=1S/C18H16ClN3O3/c19-16-13-3-1-2-4-14(13)22-17(16)18(24)21-11-5-7-12(8-6-11)25-10-9-15(20)23/h1-8,22H,9-10H2,(H2,20,23)(H,21,24). The van der Waals surface area contributed by atoms with Crippen LogP contribution < -0.4 is 15.8 Å². The fourth-order valence-electron chi connectivity index (χ4n) is 2.36. The maximum absolute atomic E-state index is 12.4. The van der Waals surface area contributed by atoms with Crippen LogP contribution in [0, 0.1) is 0 Å².